The lowest BCUT2D eigenvalue weighted by atomic mass is 10.2. The van der Waals surface area contributed by atoms with E-state index in [9.17, 15) is 4.79 Å². The van der Waals surface area contributed by atoms with Crippen molar-refractivity contribution in [2.24, 2.45) is 0 Å². The van der Waals surface area contributed by atoms with Crippen LogP contribution in [0.15, 0.2) is 0 Å². The van der Waals surface area contributed by atoms with Crippen molar-refractivity contribution in [3.8, 4) is 0 Å². The molecule has 0 aliphatic carbocycles. The van der Waals surface area contributed by atoms with Gasteiger partial charge < -0.3 is 15.4 Å². The maximum Gasteiger partial charge on any atom is 0.407 e. The van der Waals surface area contributed by atoms with E-state index in [1.807, 2.05) is 20.8 Å². The van der Waals surface area contributed by atoms with Gasteiger partial charge in [-0.3, -0.25) is 9.68 Å². The van der Waals surface area contributed by atoms with E-state index in [0.29, 0.717) is 13.2 Å². The molecule has 0 rings (SSSR count). The van der Waals surface area contributed by atoms with Crippen LogP contribution in [-0.4, -0.2) is 45.0 Å². The first-order valence-corrected chi connectivity index (χ1v) is 6.53. The molecular weight excluding hydrogens is 250 g/mol. The second-order valence-electron chi connectivity index (χ2n) is 5.02. The number of amides is 1. The highest BCUT2D eigenvalue weighted by Crippen LogP contribution is 2.06. The van der Waals surface area contributed by atoms with Crippen LogP contribution < -0.4 is 16.3 Å². The van der Waals surface area contributed by atoms with Gasteiger partial charge in [-0.25, -0.2) is 4.79 Å². The molecule has 0 unspecified atom stereocenters. The quantitative estimate of drug-likeness (QED) is 0.408. The summed E-state index contributed by atoms with van der Waals surface area (Å²) >= 11 is 0. The number of ether oxygens (including phenoxy) is 1. The van der Waals surface area contributed by atoms with E-state index in [-0.39, 0.29) is 6.09 Å². The van der Waals surface area contributed by atoms with Crippen molar-refractivity contribution in [2.75, 3.05) is 33.4 Å². The summed E-state index contributed by atoms with van der Waals surface area (Å²) in [6.07, 6.45) is 1.37. The van der Waals surface area contributed by atoms with Crippen LogP contribution in [0.3, 0.4) is 0 Å². The molecule has 7 heteroatoms. The molecule has 0 saturated carbocycles. The minimum Gasteiger partial charge on any atom is -0.444 e. The van der Waals surface area contributed by atoms with E-state index < -0.39 is 5.60 Å². The van der Waals surface area contributed by atoms with Gasteiger partial charge in [0.05, 0.1) is 13.7 Å². The lowest BCUT2D eigenvalue weighted by Crippen LogP contribution is -2.34. The lowest BCUT2D eigenvalue weighted by molar-refractivity contribution is -0.151. The second kappa shape index (κ2) is 11.0. The Hall–Kier alpha value is -0.890. The van der Waals surface area contributed by atoms with Crippen molar-refractivity contribution >= 4 is 6.09 Å². The first kappa shape index (κ1) is 18.1. The van der Waals surface area contributed by atoms with Gasteiger partial charge in [0.15, 0.2) is 0 Å². The first-order valence-electron chi connectivity index (χ1n) is 6.53. The summed E-state index contributed by atoms with van der Waals surface area (Å²) in [7, 11) is 1.50. The molecule has 0 bridgehead atoms. The summed E-state index contributed by atoms with van der Waals surface area (Å²) < 4.78 is 5.11. The maximum absolute atomic E-state index is 11.3. The third-order valence-corrected chi connectivity index (χ3v) is 1.94. The molecule has 19 heavy (non-hydrogen) atoms. The normalized spacial score (nSPS) is 11.4. The van der Waals surface area contributed by atoms with Gasteiger partial charge in [0.25, 0.3) is 0 Å². The van der Waals surface area contributed by atoms with E-state index in [0.717, 1.165) is 25.9 Å². The molecule has 0 spiro atoms. The summed E-state index contributed by atoms with van der Waals surface area (Å²) in [5, 5.41) is 5.95. The zero-order chi connectivity index (χ0) is 14.6. The molecule has 7 nitrogen and oxygen atoms in total. The predicted molar refractivity (Wildman–Crippen MR) is 72.4 cm³/mol. The molecule has 0 radical (unpaired) electrons. The van der Waals surface area contributed by atoms with Crippen LogP contribution in [0.1, 0.15) is 33.6 Å². The Morgan fingerprint density at radius 3 is 2.42 bits per heavy atom. The Morgan fingerprint density at radius 2 is 1.79 bits per heavy atom. The Balaban J connectivity index is 3.21. The molecule has 0 heterocycles. The minimum atomic E-state index is -0.446. The number of hydrogen-bond acceptors (Lipinski definition) is 6. The van der Waals surface area contributed by atoms with Crippen LogP contribution in [-0.2, 0) is 14.4 Å². The monoisotopic (exact) mass is 277 g/mol. The van der Waals surface area contributed by atoms with Crippen LogP contribution in [0.5, 0.6) is 0 Å². The fourth-order valence-corrected chi connectivity index (χ4v) is 1.21. The molecule has 0 aromatic heterocycles. The van der Waals surface area contributed by atoms with Gasteiger partial charge in [-0.15, -0.1) is 0 Å². The van der Waals surface area contributed by atoms with E-state index in [4.69, 9.17) is 9.57 Å². The SMILES string of the molecule is CONOCCCNCCCNC(=O)OC(C)(C)C. The number of carbonyl (C=O) groups is 1. The highest BCUT2D eigenvalue weighted by atomic mass is 16.9. The van der Waals surface area contributed by atoms with Crippen LogP contribution in [0, 0.1) is 0 Å². The van der Waals surface area contributed by atoms with Crippen molar-refractivity contribution in [3.05, 3.63) is 0 Å². The predicted octanol–water partition coefficient (Wildman–Crippen LogP) is 0.963. The molecule has 0 fully saturated rings. The van der Waals surface area contributed by atoms with Crippen LogP contribution in [0.4, 0.5) is 4.79 Å². The van der Waals surface area contributed by atoms with Gasteiger partial charge in [0, 0.05) is 6.54 Å². The van der Waals surface area contributed by atoms with Crippen LogP contribution in [0.25, 0.3) is 0 Å². The average molecular weight is 277 g/mol. The van der Waals surface area contributed by atoms with E-state index in [2.05, 4.69) is 21.1 Å². The number of alkyl carbamates (subject to hydrolysis) is 1. The van der Waals surface area contributed by atoms with Gasteiger partial charge >= 0.3 is 6.09 Å². The van der Waals surface area contributed by atoms with E-state index in [1.54, 1.807) is 0 Å². The smallest absolute Gasteiger partial charge is 0.407 e. The molecule has 0 aromatic rings. The highest BCUT2D eigenvalue weighted by molar-refractivity contribution is 5.67. The Kier molecular flexibility index (Phi) is 10.5. The highest BCUT2D eigenvalue weighted by Gasteiger charge is 2.15. The van der Waals surface area contributed by atoms with Gasteiger partial charge in [-0.05, 0) is 46.7 Å². The largest absolute Gasteiger partial charge is 0.444 e. The Morgan fingerprint density at radius 1 is 1.11 bits per heavy atom. The third kappa shape index (κ3) is 15.1. The Bertz CT molecular complexity index is 232. The molecule has 0 aromatic carbocycles. The molecular formula is C12H27N3O4. The molecule has 0 aliphatic rings. The van der Waals surface area contributed by atoms with Crippen LogP contribution >= 0.6 is 0 Å². The van der Waals surface area contributed by atoms with Crippen molar-refractivity contribution in [3.63, 3.8) is 0 Å². The van der Waals surface area contributed by atoms with Crippen molar-refractivity contribution < 1.29 is 19.2 Å². The fourth-order valence-electron chi connectivity index (χ4n) is 1.21. The minimum absolute atomic E-state index is 0.369. The molecule has 114 valence electrons. The summed E-state index contributed by atoms with van der Waals surface area (Å²) in [4.78, 5) is 20.7. The average Bonchev–Trinajstić information content (AvgIpc) is 2.29. The summed E-state index contributed by atoms with van der Waals surface area (Å²) in [6, 6.07) is 0. The molecule has 0 atom stereocenters. The lowest BCUT2D eigenvalue weighted by Gasteiger charge is -2.19. The fraction of sp³-hybridized carbons (Fsp3) is 0.917. The van der Waals surface area contributed by atoms with E-state index in [1.165, 1.54) is 7.11 Å². The van der Waals surface area contributed by atoms with Crippen molar-refractivity contribution in [1.29, 1.82) is 0 Å². The third-order valence-electron chi connectivity index (χ3n) is 1.94. The van der Waals surface area contributed by atoms with Gasteiger partial charge in [0.2, 0.25) is 0 Å². The zero-order valence-electron chi connectivity index (χ0n) is 12.4. The maximum atomic E-state index is 11.3. The van der Waals surface area contributed by atoms with Gasteiger partial charge in [-0.2, -0.15) is 0 Å². The van der Waals surface area contributed by atoms with Crippen molar-refractivity contribution in [2.45, 2.75) is 39.2 Å². The number of rotatable bonds is 10. The zero-order valence-corrected chi connectivity index (χ0v) is 12.4. The number of hydrogen-bond donors (Lipinski definition) is 3. The molecule has 0 saturated heterocycles. The van der Waals surface area contributed by atoms with Gasteiger partial charge in [-0.1, -0.05) is 5.64 Å². The number of nitrogens with one attached hydrogen (secondary N) is 3. The van der Waals surface area contributed by atoms with E-state index >= 15 is 0 Å². The summed E-state index contributed by atoms with van der Waals surface area (Å²) in [5.41, 5.74) is 1.86. The molecule has 3 N–H and O–H groups in total. The van der Waals surface area contributed by atoms with Crippen molar-refractivity contribution in [1.82, 2.24) is 16.3 Å². The standard InChI is InChI=1S/C12H27N3O4/c1-12(2,3)19-11(16)14-9-5-7-13-8-6-10-18-15-17-4/h13,15H,5-10H2,1-4H3,(H,14,16). The van der Waals surface area contributed by atoms with Gasteiger partial charge in [0.1, 0.15) is 5.60 Å². The number of carbonyl (C=O) groups excluding carboxylic acids is 1. The second-order valence-corrected chi connectivity index (χ2v) is 5.02. The summed E-state index contributed by atoms with van der Waals surface area (Å²) in [6.45, 7) is 8.41. The molecule has 0 aliphatic heterocycles. The first-order chi connectivity index (χ1) is 8.95. The Labute approximate surface area is 115 Å². The molecule has 1 amide bonds. The van der Waals surface area contributed by atoms with Crippen LogP contribution in [0.2, 0.25) is 0 Å². The summed E-state index contributed by atoms with van der Waals surface area (Å²) in [5.74, 6) is 0. The topological polar surface area (TPSA) is 80.9 Å².